The average molecular weight is 401 g/mol. The summed E-state index contributed by atoms with van der Waals surface area (Å²) in [7, 11) is 0. The van der Waals surface area contributed by atoms with E-state index in [1.807, 2.05) is 0 Å². The molecule has 5 nitrogen and oxygen atoms in total. The number of hydrogen-bond donors (Lipinski definition) is 0. The summed E-state index contributed by atoms with van der Waals surface area (Å²) in [6.45, 7) is 2.19. The highest BCUT2D eigenvalue weighted by molar-refractivity contribution is 5.34. The van der Waals surface area contributed by atoms with Crippen molar-refractivity contribution >= 4 is 0 Å². The molecule has 1 aliphatic heterocycles. The van der Waals surface area contributed by atoms with Gasteiger partial charge in [-0.2, -0.15) is 23.4 Å². The zero-order chi connectivity index (χ0) is 20.7. The predicted molar refractivity (Wildman–Crippen MR) is 87.3 cm³/mol. The molecule has 0 bridgehead atoms. The van der Waals surface area contributed by atoms with Crippen LogP contribution in [0.4, 0.5) is 22.0 Å². The van der Waals surface area contributed by atoms with Crippen molar-refractivity contribution in [3.8, 4) is 17.8 Å². The average Bonchev–Trinajstić information content (AvgIpc) is 3.15. The maximum atomic E-state index is 13.1. The van der Waals surface area contributed by atoms with E-state index < -0.39 is 29.8 Å². The number of aromatic nitrogens is 2. The van der Waals surface area contributed by atoms with Crippen molar-refractivity contribution < 1.29 is 31.4 Å². The zero-order valence-corrected chi connectivity index (χ0v) is 14.9. The monoisotopic (exact) mass is 401 g/mol. The van der Waals surface area contributed by atoms with E-state index in [2.05, 4.69) is 4.98 Å². The number of rotatable bonds is 5. The number of alkyl halides is 5. The van der Waals surface area contributed by atoms with Crippen LogP contribution in [0.15, 0.2) is 24.3 Å². The molecule has 0 amide bonds. The van der Waals surface area contributed by atoms with Gasteiger partial charge >= 0.3 is 6.18 Å². The summed E-state index contributed by atoms with van der Waals surface area (Å²) in [5.74, 6) is 0.321. The Morgan fingerprint density at radius 3 is 2.46 bits per heavy atom. The maximum absolute atomic E-state index is 13.1. The molecule has 0 N–H and O–H groups in total. The van der Waals surface area contributed by atoms with Crippen LogP contribution in [0.2, 0.25) is 0 Å². The third kappa shape index (κ3) is 3.48. The fourth-order valence-corrected chi connectivity index (χ4v) is 2.81. The molecule has 0 fully saturated rings. The first-order valence-corrected chi connectivity index (χ1v) is 8.30. The molecule has 150 valence electrons. The maximum Gasteiger partial charge on any atom is 0.397 e. The van der Waals surface area contributed by atoms with Crippen LogP contribution in [0.3, 0.4) is 0 Å². The molecule has 0 spiro atoms. The highest BCUT2D eigenvalue weighted by Crippen LogP contribution is 2.40. The molecule has 1 atom stereocenters. The van der Waals surface area contributed by atoms with Crippen LogP contribution in [0.25, 0.3) is 0 Å². The van der Waals surface area contributed by atoms with Crippen LogP contribution < -0.4 is 9.47 Å². The molecule has 3 rings (SSSR count). The van der Waals surface area contributed by atoms with E-state index in [1.54, 1.807) is 6.07 Å². The van der Waals surface area contributed by atoms with Gasteiger partial charge in [-0.25, -0.2) is 8.78 Å². The van der Waals surface area contributed by atoms with Crippen molar-refractivity contribution in [2.24, 2.45) is 0 Å². The number of nitrogens with zero attached hydrogens (tertiary/aromatic N) is 3. The number of halogens is 5. The molecule has 0 unspecified atom stereocenters. The van der Waals surface area contributed by atoms with Crippen LogP contribution in [0.1, 0.15) is 37.2 Å². The Balaban J connectivity index is 1.64. The number of benzene rings is 1. The second-order valence-electron chi connectivity index (χ2n) is 6.85. The Morgan fingerprint density at radius 2 is 1.93 bits per heavy atom. The molecule has 1 aromatic carbocycles. The van der Waals surface area contributed by atoms with Gasteiger partial charge in [-0.15, -0.1) is 0 Å². The van der Waals surface area contributed by atoms with Gasteiger partial charge in [0.05, 0.1) is 12.0 Å². The summed E-state index contributed by atoms with van der Waals surface area (Å²) in [6.07, 6.45) is -7.87. The van der Waals surface area contributed by atoms with E-state index >= 15 is 0 Å². The fourth-order valence-electron chi connectivity index (χ4n) is 2.81. The number of nitriles is 1. The van der Waals surface area contributed by atoms with Gasteiger partial charge in [-0.3, -0.25) is 4.57 Å². The van der Waals surface area contributed by atoms with Gasteiger partial charge in [0, 0.05) is 0 Å². The lowest BCUT2D eigenvalue weighted by Gasteiger charge is -2.28. The Hall–Kier alpha value is -2.83. The first-order valence-electron chi connectivity index (χ1n) is 8.30. The topological polar surface area (TPSA) is 60.1 Å². The van der Waals surface area contributed by atoms with E-state index in [1.165, 1.54) is 24.3 Å². The summed E-state index contributed by atoms with van der Waals surface area (Å²) in [5, 5.41) is 8.86. The molecule has 1 aromatic heterocycles. The number of hydrogen-bond acceptors (Lipinski definition) is 4. The van der Waals surface area contributed by atoms with Gasteiger partial charge in [0.1, 0.15) is 24.1 Å². The van der Waals surface area contributed by atoms with E-state index in [-0.39, 0.29) is 30.4 Å². The largest absolute Gasteiger partial charge is 0.490 e. The van der Waals surface area contributed by atoms with E-state index in [9.17, 15) is 22.0 Å². The summed E-state index contributed by atoms with van der Waals surface area (Å²) in [4.78, 5) is 3.73. The Kier molecular flexibility index (Phi) is 4.95. The third-order valence-corrected chi connectivity index (χ3v) is 4.66. The Bertz CT molecular complexity index is 898. The van der Waals surface area contributed by atoms with Crippen molar-refractivity contribution in [1.82, 2.24) is 9.55 Å². The zero-order valence-electron chi connectivity index (χ0n) is 14.9. The number of imidazole rings is 1. The predicted octanol–water partition coefficient (Wildman–Crippen LogP) is 4.37. The van der Waals surface area contributed by atoms with Crippen LogP contribution in [-0.4, -0.2) is 28.4 Å². The van der Waals surface area contributed by atoms with E-state index in [0.717, 1.165) is 18.4 Å². The molecule has 0 saturated carbocycles. The van der Waals surface area contributed by atoms with Crippen LogP contribution in [-0.2, 0) is 12.0 Å². The minimum absolute atomic E-state index is 0.0179. The van der Waals surface area contributed by atoms with E-state index in [4.69, 9.17) is 14.7 Å². The molecule has 0 aliphatic carbocycles. The van der Waals surface area contributed by atoms with Gasteiger partial charge < -0.3 is 9.47 Å². The first kappa shape index (κ1) is 19.9. The lowest BCUT2D eigenvalue weighted by atomic mass is 9.84. The second kappa shape index (κ2) is 6.96. The van der Waals surface area contributed by atoms with Crippen LogP contribution >= 0.6 is 0 Å². The SMILES string of the molecule is CC(C)(c1ccc(OC[C@@H]2Cn3c(nc(C#N)c3C(F)F)O2)cc1)C(F)(F)F. The quantitative estimate of drug-likeness (QED) is 0.698. The number of fused-ring (bicyclic) bond motifs is 1. The van der Waals surface area contributed by atoms with Crippen LogP contribution in [0, 0.1) is 11.3 Å². The standard InChI is InChI=1S/C18H16F5N3O2/c1-17(2,18(21,22)23)10-3-5-11(6-4-10)27-9-12-8-26-14(15(19)20)13(7-24)25-16(26)28-12/h3-6,12,15H,8-9H2,1-2H3/t12-/m0/s1. The lowest BCUT2D eigenvalue weighted by molar-refractivity contribution is -0.180. The molecular weight excluding hydrogens is 385 g/mol. The summed E-state index contributed by atoms with van der Waals surface area (Å²) in [6, 6.07) is 7.01. The van der Waals surface area contributed by atoms with Crippen LogP contribution in [0.5, 0.6) is 11.8 Å². The normalized spacial score (nSPS) is 16.6. The van der Waals surface area contributed by atoms with Gasteiger partial charge in [-0.05, 0) is 31.5 Å². The molecule has 1 aliphatic rings. The highest BCUT2D eigenvalue weighted by Gasteiger charge is 2.48. The molecule has 2 aromatic rings. The molecule has 28 heavy (non-hydrogen) atoms. The highest BCUT2D eigenvalue weighted by atomic mass is 19.4. The van der Waals surface area contributed by atoms with Gasteiger partial charge in [0.2, 0.25) is 0 Å². The second-order valence-corrected chi connectivity index (χ2v) is 6.85. The van der Waals surface area contributed by atoms with Crippen molar-refractivity contribution in [2.45, 2.75) is 44.5 Å². The van der Waals surface area contributed by atoms with Crippen molar-refractivity contribution in [3.63, 3.8) is 0 Å². The van der Waals surface area contributed by atoms with Crippen molar-refractivity contribution in [3.05, 3.63) is 41.2 Å². The van der Waals surface area contributed by atoms with Gasteiger partial charge in [0.25, 0.3) is 12.4 Å². The lowest BCUT2D eigenvalue weighted by Crippen LogP contribution is -2.36. The summed E-state index contributed by atoms with van der Waals surface area (Å²) in [5.41, 5.74) is -2.79. The molecule has 0 radical (unpaired) electrons. The van der Waals surface area contributed by atoms with Crippen molar-refractivity contribution in [2.75, 3.05) is 6.61 Å². The molecule has 10 heteroatoms. The molecule has 0 saturated heterocycles. The minimum Gasteiger partial charge on any atom is -0.490 e. The molecular formula is C18H16F5N3O2. The Morgan fingerprint density at radius 1 is 1.29 bits per heavy atom. The molecule has 2 heterocycles. The van der Waals surface area contributed by atoms with E-state index in [0.29, 0.717) is 5.75 Å². The summed E-state index contributed by atoms with van der Waals surface area (Å²) >= 11 is 0. The fraction of sp³-hybridized carbons (Fsp3) is 0.444. The van der Waals surface area contributed by atoms with Gasteiger partial charge in [0.15, 0.2) is 11.8 Å². The smallest absolute Gasteiger partial charge is 0.397 e. The van der Waals surface area contributed by atoms with Gasteiger partial charge in [-0.1, -0.05) is 12.1 Å². The minimum atomic E-state index is -4.39. The first-order chi connectivity index (χ1) is 13.0. The Labute approximate surface area is 157 Å². The van der Waals surface area contributed by atoms with Crippen molar-refractivity contribution in [1.29, 1.82) is 5.26 Å². The number of ether oxygens (including phenoxy) is 2. The third-order valence-electron chi connectivity index (χ3n) is 4.66. The summed E-state index contributed by atoms with van der Waals surface area (Å²) < 4.78 is 77.5.